The van der Waals surface area contributed by atoms with E-state index in [1.54, 1.807) is 0 Å². The van der Waals surface area contributed by atoms with E-state index in [0.717, 1.165) is 18.4 Å². The Hall–Kier alpha value is -2.33. The zero-order valence-corrected chi connectivity index (χ0v) is 15.0. The van der Waals surface area contributed by atoms with Crippen LogP contribution in [0.15, 0.2) is 54.6 Å². The van der Waals surface area contributed by atoms with Gasteiger partial charge in [0, 0.05) is 6.54 Å². The van der Waals surface area contributed by atoms with Crippen LogP contribution in [-0.2, 0) is 11.3 Å². The molecule has 2 fully saturated rings. The van der Waals surface area contributed by atoms with Gasteiger partial charge in [-0.2, -0.15) is 0 Å². The molecule has 2 aromatic carbocycles. The molecule has 1 aliphatic heterocycles. The Kier molecular flexibility index (Phi) is 4.93. The number of nitrogens with zero attached hydrogens (tertiary/aromatic N) is 1. The molecule has 2 aliphatic rings. The third-order valence-corrected chi connectivity index (χ3v) is 5.41. The number of ether oxygens (including phenoxy) is 2. The van der Waals surface area contributed by atoms with Gasteiger partial charge < -0.3 is 14.4 Å². The molecule has 4 rings (SSSR count). The van der Waals surface area contributed by atoms with Gasteiger partial charge in [-0.05, 0) is 30.5 Å². The number of amides is 1. The highest BCUT2D eigenvalue weighted by Gasteiger charge is 2.41. The molecule has 1 aliphatic carbocycles. The lowest BCUT2D eigenvalue weighted by Crippen LogP contribution is -2.52. The second-order valence-electron chi connectivity index (χ2n) is 7.24. The van der Waals surface area contributed by atoms with E-state index in [1.807, 2.05) is 59.5 Å². The summed E-state index contributed by atoms with van der Waals surface area (Å²) in [6, 6.07) is 17.6. The number of morpholine rings is 1. The molecule has 1 spiro atoms. The Bertz CT molecular complexity index is 753. The lowest BCUT2D eigenvalue weighted by Gasteiger charge is -2.40. The van der Waals surface area contributed by atoms with Crippen LogP contribution in [0, 0.1) is 0 Å². The van der Waals surface area contributed by atoms with E-state index in [2.05, 4.69) is 0 Å². The number of carbonyl (C=O) groups excluding carboxylic acids is 1. The van der Waals surface area contributed by atoms with Crippen molar-refractivity contribution in [3.8, 4) is 5.75 Å². The topological polar surface area (TPSA) is 38.8 Å². The number of carbonyl (C=O) groups is 1. The second kappa shape index (κ2) is 7.50. The highest BCUT2D eigenvalue weighted by Crippen LogP contribution is 2.36. The molecule has 0 atom stereocenters. The number of para-hydroxylation sites is 1. The minimum absolute atomic E-state index is 0.0447. The fourth-order valence-electron chi connectivity index (χ4n) is 4.01. The van der Waals surface area contributed by atoms with Gasteiger partial charge in [-0.1, -0.05) is 55.3 Å². The quantitative estimate of drug-likeness (QED) is 0.834. The molecule has 1 heterocycles. The summed E-state index contributed by atoms with van der Waals surface area (Å²) >= 11 is 0. The van der Waals surface area contributed by atoms with Crippen molar-refractivity contribution in [2.45, 2.75) is 37.9 Å². The van der Waals surface area contributed by atoms with Crippen LogP contribution in [-0.4, -0.2) is 36.1 Å². The SMILES string of the molecule is O=C(c1ccccc1OCc1ccccc1)N1CCOC2(CCCC2)C1. The van der Waals surface area contributed by atoms with Crippen molar-refractivity contribution in [2.24, 2.45) is 0 Å². The lowest BCUT2D eigenvalue weighted by atomic mass is 9.99. The first-order valence-corrected chi connectivity index (χ1v) is 9.45. The van der Waals surface area contributed by atoms with Crippen molar-refractivity contribution in [3.05, 3.63) is 65.7 Å². The van der Waals surface area contributed by atoms with E-state index < -0.39 is 0 Å². The maximum absolute atomic E-state index is 13.2. The molecule has 26 heavy (non-hydrogen) atoms. The predicted molar refractivity (Wildman–Crippen MR) is 100 cm³/mol. The standard InChI is InChI=1S/C22H25NO3/c24-21(23-14-15-26-22(17-23)12-6-7-13-22)19-10-4-5-11-20(19)25-16-18-8-2-1-3-9-18/h1-5,8-11H,6-7,12-17H2. The summed E-state index contributed by atoms with van der Waals surface area (Å²) in [5, 5.41) is 0. The molecule has 0 radical (unpaired) electrons. The van der Waals surface area contributed by atoms with E-state index in [0.29, 0.717) is 37.6 Å². The minimum Gasteiger partial charge on any atom is -0.488 e. The molecule has 0 N–H and O–H groups in total. The molecule has 0 bridgehead atoms. The van der Waals surface area contributed by atoms with E-state index in [-0.39, 0.29) is 11.5 Å². The summed E-state index contributed by atoms with van der Waals surface area (Å²) in [4.78, 5) is 15.1. The Balaban J connectivity index is 1.49. The van der Waals surface area contributed by atoms with Crippen molar-refractivity contribution < 1.29 is 14.3 Å². The van der Waals surface area contributed by atoms with Gasteiger partial charge in [0.15, 0.2) is 0 Å². The summed E-state index contributed by atoms with van der Waals surface area (Å²) in [5.74, 6) is 0.691. The number of benzene rings is 2. The third-order valence-electron chi connectivity index (χ3n) is 5.41. The number of hydrogen-bond acceptors (Lipinski definition) is 3. The van der Waals surface area contributed by atoms with Crippen molar-refractivity contribution in [2.75, 3.05) is 19.7 Å². The first-order chi connectivity index (χ1) is 12.8. The van der Waals surface area contributed by atoms with Crippen LogP contribution >= 0.6 is 0 Å². The molecular formula is C22H25NO3. The largest absolute Gasteiger partial charge is 0.488 e. The minimum atomic E-state index is -0.117. The van der Waals surface area contributed by atoms with Gasteiger partial charge in [-0.15, -0.1) is 0 Å². The van der Waals surface area contributed by atoms with Crippen LogP contribution in [0.5, 0.6) is 5.75 Å². The molecule has 4 heteroatoms. The normalized spacial score (nSPS) is 18.8. The van der Waals surface area contributed by atoms with Gasteiger partial charge in [0.1, 0.15) is 12.4 Å². The van der Waals surface area contributed by atoms with Gasteiger partial charge >= 0.3 is 0 Å². The van der Waals surface area contributed by atoms with Crippen molar-refractivity contribution in [1.29, 1.82) is 0 Å². The average molecular weight is 351 g/mol. The summed E-state index contributed by atoms with van der Waals surface area (Å²) in [6.07, 6.45) is 4.50. The fourth-order valence-corrected chi connectivity index (χ4v) is 4.01. The summed E-state index contributed by atoms with van der Waals surface area (Å²) < 4.78 is 12.0. The summed E-state index contributed by atoms with van der Waals surface area (Å²) in [5.41, 5.74) is 1.61. The van der Waals surface area contributed by atoms with Crippen molar-refractivity contribution >= 4 is 5.91 Å². The summed E-state index contributed by atoms with van der Waals surface area (Å²) in [6.45, 7) is 2.42. The van der Waals surface area contributed by atoms with Crippen LogP contribution in [0.2, 0.25) is 0 Å². The fraction of sp³-hybridized carbons (Fsp3) is 0.409. The molecule has 0 aromatic heterocycles. The smallest absolute Gasteiger partial charge is 0.257 e. The van der Waals surface area contributed by atoms with Crippen LogP contribution in [0.25, 0.3) is 0 Å². The van der Waals surface area contributed by atoms with Crippen LogP contribution < -0.4 is 4.74 Å². The van der Waals surface area contributed by atoms with Crippen LogP contribution in [0.4, 0.5) is 0 Å². The zero-order chi connectivity index (χ0) is 17.8. The first kappa shape index (κ1) is 17.1. The molecule has 1 amide bonds. The van der Waals surface area contributed by atoms with Gasteiger partial charge in [0.2, 0.25) is 0 Å². The van der Waals surface area contributed by atoms with Crippen molar-refractivity contribution in [3.63, 3.8) is 0 Å². The molecule has 4 nitrogen and oxygen atoms in total. The van der Waals surface area contributed by atoms with Crippen LogP contribution in [0.3, 0.4) is 0 Å². The number of rotatable bonds is 4. The molecular weight excluding hydrogens is 326 g/mol. The zero-order valence-electron chi connectivity index (χ0n) is 15.0. The van der Waals surface area contributed by atoms with E-state index >= 15 is 0 Å². The Morgan fingerprint density at radius 2 is 1.77 bits per heavy atom. The second-order valence-corrected chi connectivity index (χ2v) is 7.24. The lowest BCUT2D eigenvalue weighted by molar-refractivity contribution is -0.0948. The molecule has 136 valence electrons. The highest BCUT2D eigenvalue weighted by atomic mass is 16.5. The van der Waals surface area contributed by atoms with Crippen LogP contribution in [0.1, 0.15) is 41.6 Å². The van der Waals surface area contributed by atoms with E-state index in [1.165, 1.54) is 12.8 Å². The third kappa shape index (κ3) is 3.61. The maximum atomic E-state index is 13.2. The Morgan fingerprint density at radius 1 is 1.04 bits per heavy atom. The van der Waals surface area contributed by atoms with Gasteiger partial charge in [0.25, 0.3) is 5.91 Å². The number of hydrogen-bond donors (Lipinski definition) is 0. The maximum Gasteiger partial charge on any atom is 0.257 e. The molecule has 2 aromatic rings. The van der Waals surface area contributed by atoms with E-state index in [9.17, 15) is 4.79 Å². The van der Waals surface area contributed by atoms with Gasteiger partial charge in [-0.3, -0.25) is 4.79 Å². The van der Waals surface area contributed by atoms with Crippen molar-refractivity contribution in [1.82, 2.24) is 4.90 Å². The van der Waals surface area contributed by atoms with Gasteiger partial charge in [0.05, 0.1) is 24.3 Å². The molecule has 0 unspecified atom stereocenters. The first-order valence-electron chi connectivity index (χ1n) is 9.45. The average Bonchev–Trinajstić information content (AvgIpc) is 3.14. The van der Waals surface area contributed by atoms with E-state index in [4.69, 9.17) is 9.47 Å². The van der Waals surface area contributed by atoms with Gasteiger partial charge in [-0.25, -0.2) is 0 Å². The molecule has 1 saturated carbocycles. The monoisotopic (exact) mass is 351 g/mol. The Labute approximate surface area is 154 Å². The highest BCUT2D eigenvalue weighted by molar-refractivity contribution is 5.97. The molecule has 1 saturated heterocycles. The summed E-state index contributed by atoms with van der Waals surface area (Å²) in [7, 11) is 0. The predicted octanol–water partition coefficient (Wildman–Crippen LogP) is 4.05. The Morgan fingerprint density at radius 3 is 2.58 bits per heavy atom.